The van der Waals surface area contributed by atoms with Gasteiger partial charge in [0.15, 0.2) is 0 Å². The van der Waals surface area contributed by atoms with Gasteiger partial charge in [0.25, 0.3) is 0 Å². The molecular weight excluding hydrogens is 156 g/mol. The lowest BCUT2D eigenvalue weighted by molar-refractivity contribution is 0.273. The molecule has 1 unspecified atom stereocenters. The molecule has 11 heavy (non-hydrogen) atoms. The van der Waals surface area contributed by atoms with Gasteiger partial charge in [-0.05, 0) is 26.3 Å². The highest BCUT2D eigenvalue weighted by Crippen LogP contribution is 2.06. The van der Waals surface area contributed by atoms with Gasteiger partial charge in [0.2, 0.25) is 0 Å². The number of likely N-dealkylation sites (N-methyl/N-ethyl adjacent to an activating group) is 1. The summed E-state index contributed by atoms with van der Waals surface area (Å²) in [6.07, 6.45) is 3.49. The van der Waals surface area contributed by atoms with E-state index in [4.69, 9.17) is 0 Å². The Bertz CT molecular complexity index is 102. The molecule has 0 spiro atoms. The van der Waals surface area contributed by atoms with Gasteiger partial charge in [-0.2, -0.15) is 11.8 Å². The van der Waals surface area contributed by atoms with E-state index in [1.807, 2.05) is 11.8 Å². The third kappa shape index (κ3) is 3.01. The van der Waals surface area contributed by atoms with Crippen molar-refractivity contribution in [1.82, 2.24) is 10.2 Å². The summed E-state index contributed by atoms with van der Waals surface area (Å²) in [5.41, 5.74) is 0. The largest absolute Gasteiger partial charge is 0.315 e. The zero-order valence-electron chi connectivity index (χ0n) is 7.47. The monoisotopic (exact) mass is 174 g/mol. The minimum atomic E-state index is 0.794. The highest BCUT2D eigenvalue weighted by molar-refractivity contribution is 7.98. The molecule has 1 rings (SSSR count). The molecule has 1 saturated heterocycles. The third-order valence-corrected chi connectivity index (χ3v) is 2.90. The van der Waals surface area contributed by atoms with Crippen molar-refractivity contribution in [3.05, 3.63) is 0 Å². The van der Waals surface area contributed by atoms with Gasteiger partial charge in [-0.1, -0.05) is 0 Å². The Balaban J connectivity index is 2.12. The van der Waals surface area contributed by atoms with Crippen molar-refractivity contribution in [3.8, 4) is 0 Å². The molecule has 0 aromatic carbocycles. The van der Waals surface area contributed by atoms with Gasteiger partial charge in [0.05, 0.1) is 0 Å². The first-order chi connectivity index (χ1) is 5.34. The number of thioether (sulfide) groups is 1. The van der Waals surface area contributed by atoms with Crippen LogP contribution in [0.2, 0.25) is 0 Å². The number of hydrogen-bond acceptors (Lipinski definition) is 3. The van der Waals surface area contributed by atoms with Gasteiger partial charge in [-0.3, -0.25) is 0 Å². The Morgan fingerprint density at radius 3 is 3.00 bits per heavy atom. The molecule has 1 N–H and O–H groups in total. The highest BCUT2D eigenvalue weighted by Gasteiger charge is 2.17. The number of nitrogens with one attached hydrogen (secondary N) is 1. The standard InChI is InChI=1S/C8H18N2S/c1-10(5-6-11-2)8-3-4-9-7-8/h8-9H,3-7H2,1-2H3. The normalized spacial score (nSPS) is 24.8. The van der Waals surface area contributed by atoms with Crippen LogP contribution in [0.4, 0.5) is 0 Å². The average molecular weight is 174 g/mol. The average Bonchev–Trinajstić information content (AvgIpc) is 2.52. The van der Waals surface area contributed by atoms with Crippen molar-refractivity contribution < 1.29 is 0 Å². The smallest absolute Gasteiger partial charge is 0.0230 e. The van der Waals surface area contributed by atoms with E-state index in [0.29, 0.717) is 0 Å². The van der Waals surface area contributed by atoms with E-state index in [-0.39, 0.29) is 0 Å². The van der Waals surface area contributed by atoms with E-state index in [0.717, 1.165) is 6.04 Å². The lowest BCUT2D eigenvalue weighted by atomic mass is 10.2. The minimum Gasteiger partial charge on any atom is -0.315 e. The van der Waals surface area contributed by atoms with E-state index in [1.165, 1.54) is 31.8 Å². The Labute approximate surface area is 73.7 Å². The van der Waals surface area contributed by atoms with Crippen molar-refractivity contribution in [2.24, 2.45) is 0 Å². The van der Waals surface area contributed by atoms with E-state index < -0.39 is 0 Å². The fourth-order valence-corrected chi connectivity index (χ4v) is 1.90. The van der Waals surface area contributed by atoms with Crippen molar-refractivity contribution in [2.45, 2.75) is 12.5 Å². The molecule has 1 aliphatic rings. The van der Waals surface area contributed by atoms with Crippen LogP contribution in [0.3, 0.4) is 0 Å². The summed E-state index contributed by atoms with van der Waals surface area (Å²) < 4.78 is 0. The van der Waals surface area contributed by atoms with Crippen molar-refractivity contribution in [2.75, 3.05) is 38.7 Å². The summed E-state index contributed by atoms with van der Waals surface area (Å²) in [5, 5.41) is 3.38. The van der Waals surface area contributed by atoms with Gasteiger partial charge in [0.1, 0.15) is 0 Å². The van der Waals surface area contributed by atoms with Gasteiger partial charge in [-0.25, -0.2) is 0 Å². The highest BCUT2D eigenvalue weighted by atomic mass is 32.2. The maximum Gasteiger partial charge on any atom is 0.0230 e. The summed E-state index contributed by atoms with van der Waals surface area (Å²) >= 11 is 1.93. The van der Waals surface area contributed by atoms with E-state index in [9.17, 15) is 0 Å². The van der Waals surface area contributed by atoms with Crippen LogP contribution in [-0.4, -0.2) is 49.6 Å². The van der Waals surface area contributed by atoms with Crippen molar-refractivity contribution >= 4 is 11.8 Å². The SMILES string of the molecule is CSCCN(C)C1CCNC1. The third-order valence-electron chi connectivity index (χ3n) is 2.31. The van der Waals surface area contributed by atoms with Crippen molar-refractivity contribution in [3.63, 3.8) is 0 Å². The maximum absolute atomic E-state index is 3.38. The second kappa shape index (κ2) is 5.01. The van der Waals surface area contributed by atoms with Crippen LogP contribution in [0.15, 0.2) is 0 Å². The summed E-state index contributed by atoms with van der Waals surface area (Å²) in [4.78, 5) is 2.47. The molecule has 0 aromatic heterocycles. The van der Waals surface area contributed by atoms with Gasteiger partial charge >= 0.3 is 0 Å². The summed E-state index contributed by atoms with van der Waals surface area (Å²) in [7, 11) is 2.23. The second-order valence-electron chi connectivity index (χ2n) is 3.12. The van der Waals surface area contributed by atoms with Crippen LogP contribution in [-0.2, 0) is 0 Å². The molecule has 0 radical (unpaired) electrons. The number of rotatable bonds is 4. The number of nitrogens with zero attached hydrogens (tertiary/aromatic N) is 1. The fourth-order valence-electron chi connectivity index (χ4n) is 1.43. The van der Waals surface area contributed by atoms with Gasteiger partial charge < -0.3 is 10.2 Å². The molecular formula is C8H18N2S. The van der Waals surface area contributed by atoms with Crippen LogP contribution < -0.4 is 5.32 Å². The lowest BCUT2D eigenvalue weighted by Crippen LogP contribution is -2.34. The molecule has 0 saturated carbocycles. The van der Waals surface area contributed by atoms with E-state index >= 15 is 0 Å². The molecule has 0 aliphatic carbocycles. The molecule has 1 aliphatic heterocycles. The van der Waals surface area contributed by atoms with Crippen molar-refractivity contribution in [1.29, 1.82) is 0 Å². The molecule has 0 aromatic rings. The zero-order chi connectivity index (χ0) is 8.10. The molecule has 2 nitrogen and oxygen atoms in total. The van der Waals surface area contributed by atoms with Crippen LogP contribution >= 0.6 is 11.8 Å². The molecule has 1 heterocycles. The fraction of sp³-hybridized carbons (Fsp3) is 1.00. The molecule has 0 bridgehead atoms. The van der Waals surface area contributed by atoms with Crippen LogP contribution in [0.25, 0.3) is 0 Å². The Hall–Kier alpha value is 0.270. The van der Waals surface area contributed by atoms with Crippen LogP contribution in [0.5, 0.6) is 0 Å². The first kappa shape index (κ1) is 9.36. The lowest BCUT2D eigenvalue weighted by Gasteiger charge is -2.22. The predicted molar refractivity (Wildman–Crippen MR) is 52.3 cm³/mol. The first-order valence-electron chi connectivity index (χ1n) is 4.24. The Morgan fingerprint density at radius 2 is 2.45 bits per heavy atom. The molecule has 1 fully saturated rings. The van der Waals surface area contributed by atoms with Gasteiger partial charge in [0, 0.05) is 24.9 Å². The zero-order valence-corrected chi connectivity index (χ0v) is 8.28. The first-order valence-corrected chi connectivity index (χ1v) is 5.64. The number of hydrogen-bond donors (Lipinski definition) is 1. The Morgan fingerprint density at radius 1 is 1.64 bits per heavy atom. The van der Waals surface area contributed by atoms with E-state index in [1.54, 1.807) is 0 Å². The summed E-state index contributed by atoms with van der Waals surface area (Å²) in [6, 6.07) is 0.794. The predicted octanol–water partition coefficient (Wildman–Crippen LogP) is 0.643. The van der Waals surface area contributed by atoms with E-state index in [2.05, 4.69) is 23.5 Å². The molecule has 1 atom stereocenters. The molecule has 66 valence electrons. The van der Waals surface area contributed by atoms with Gasteiger partial charge in [-0.15, -0.1) is 0 Å². The minimum absolute atomic E-state index is 0.794. The second-order valence-corrected chi connectivity index (χ2v) is 4.11. The molecule has 3 heteroatoms. The Kier molecular flexibility index (Phi) is 4.26. The molecule has 0 amide bonds. The topological polar surface area (TPSA) is 15.3 Å². The summed E-state index contributed by atoms with van der Waals surface area (Å²) in [6.45, 7) is 3.62. The maximum atomic E-state index is 3.38. The quantitative estimate of drug-likeness (QED) is 0.673. The van der Waals surface area contributed by atoms with Crippen LogP contribution in [0, 0.1) is 0 Å². The van der Waals surface area contributed by atoms with Crippen LogP contribution in [0.1, 0.15) is 6.42 Å². The summed E-state index contributed by atoms with van der Waals surface area (Å²) in [5.74, 6) is 1.26.